The van der Waals surface area contributed by atoms with Gasteiger partial charge in [-0.1, -0.05) is 12.1 Å². The van der Waals surface area contributed by atoms with Gasteiger partial charge in [0.05, 0.1) is 11.5 Å². The van der Waals surface area contributed by atoms with Crippen LogP contribution in [0.1, 0.15) is 16.7 Å². The van der Waals surface area contributed by atoms with Crippen molar-refractivity contribution in [2.75, 3.05) is 0 Å². The molecule has 1 aromatic rings. The van der Waals surface area contributed by atoms with E-state index >= 15 is 0 Å². The Hall–Kier alpha value is -1.63. The minimum atomic E-state index is -4.85. The number of benzene rings is 1. The van der Waals surface area contributed by atoms with Gasteiger partial charge in [0.1, 0.15) is 5.56 Å². The fraction of sp³-hybridized carbons (Fsp3) is 0.333. The summed E-state index contributed by atoms with van der Waals surface area (Å²) in [6.07, 6.45) is -4.85. The molecule has 0 fully saturated rings. The number of aliphatic hydroxyl groups excluding tert-OH is 1. The molecule has 7 heteroatoms. The van der Waals surface area contributed by atoms with Gasteiger partial charge in [-0.2, -0.15) is 13.2 Å². The summed E-state index contributed by atoms with van der Waals surface area (Å²) in [6.45, 7) is 0.324. The van der Waals surface area contributed by atoms with Crippen LogP contribution < -0.4 is 0 Å². The minimum absolute atomic E-state index is 0.0884. The summed E-state index contributed by atoms with van der Waals surface area (Å²) in [5, 5.41) is 19.3. The van der Waals surface area contributed by atoms with Crippen LogP contribution in [0, 0.1) is 17.0 Å². The highest BCUT2D eigenvalue weighted by Crippen LogP contribution is 2.40. The number of alkyl halides is 3. The Balaban J connectivity index is 3.62. The van der Waals surface area contributed by atoms with Gasteiger partial charge in [-0.25, -0.2) is 0 Å². The summed E-state index contributed by atoms with van der Waals surface area (Å²) >= 11 is 0. The molecular formula is C9H8F3NO3. The SMILES string of the molecule is Cc1ccc(CO)c(C(F)(F)F)c1[N+](=O)[O-]. The van der Waals surface area contributed by atoms with E-state index in [4.69, 9.17) is 5.11 Å². The topological polar surface area (TPSA) is 63.4 Å². The first-order valence-corrected chi connectivity index (χ1v) is 4.24. The third-order valence-corrected chi connectivity index (χ3v) is 2.10. The first kappa shape index (κ1) is 12.4. The van der Waals surface area contributed by atoms with Crippen LogP contribution in [0.2, 0.25) is 0 Å². The van der Waals surface area contributed by atoms with E-state index in [1.54, 1.807) is 0 Å². The lowest BCUT2D eigenvalue weighted by molar-refractivity contribution is -0.388. The number of rotatable bonds is 2. The smallest absolute Gasteiger partial charge is 0.392 e. The van der Waals surface area contributed by atoms with Crippen LogP contribution in [0.3, 0.4) is 0 Å². The normalized spacial score (nSPS) is 11.6. The number of aryl methyl sites for hydroxylation is 1. The summed E-state index contributed by atoms with van der Waals surface area (Å²) in [6, 6.07) is 2.21. The van der Waals surface area contributed by atoms with Crippen LogP contribution in [-0.2, 0) is 12.8 Å². The third-order valence-electron chi connectivity index (χ3n) is 2.10. The number of hydrogen-bond donors (Lipinski definition) is 1. The molecule has 0 bridgehead atoms. The Morgan fingerprint density at radius 3 is 2.38 bits per heavy atom. The van der Waals surface area contributed by atoms with E-state index in [1.165, 1.54) is 13.0 Å². The average molecular weight is 235 g/mol. The maximum absolute atomic E-state index is 12.6. The van der Waals surface area contributed by atoms with Crippen molar-refractivity contribution in [2.24, 2.45) is 0 Å². The Labute approximate surface area is 88.5 Å². The molecule has 0 heterocycles. The molecule has 1 rings (SSSR count). The highest BCUT2D eigenvalue weighted by molar-refractivity contribution is 5.52. The minimum Gasteiger partial charge on any atom is -0.392 e. The first-order valence-electron chi connectivity index (χ1n) is 4.24. The monoisotopic (exact) mass is 235 g/mol. The fourth-order valence-corrected chi connectivity index (χ4v) is 1.42. The van der Waals surface area contributed by atoms with Crippen molar-refractivity contribution in [1.82, 2.24) is 0 Å². The molecule has 0 atom stereocenters. The number of aliphatic hydroxyl groups is 1. The molecule has 1 N–H and O–H groups in total. The molecule has 0 spiro atoms. The van der Waals surface area contributed by atoms with Gasteiger partial charge in [0, 0.05) is 5.56 Å². The van der Waals surface area contributed by atoms with Crippen LogP contribution in [-0.4, -0.2) is 10.0 Å². The van der Waals surface area contributed by atoms with Crippen molar-refractivity contribution in [3.8, 4) is 0 Å². The second-order valence-electron chi connectivity index (χ2n) is 3.18. The van der Waals surface area contributed by atoms with Gasteiger partial charge in [-0.15, -0.1) is 0 Å². The van der Waals surface area contributed by atoms with E-state index in [0.29, 0.717) is 0 Å². The molecule has 0 saturated carbocycles. The van der Waals surface area contributed by atoms with E-state index in [1.807, 2.05) is 0 Å². The maximum atomic E-state index is 12.6. The highest BCUT2D eigenvalue weighted by Gasteiger charge is 2.41. The fourth-order valence-electron chi connectivity index (χ4n) is 1.42. The second-order valence-corrected chi connectivity index (χ2v) is 3.18. The molecule has 0 aliphatic heterocycles. The summed E-state index contributed by atoms with van der Waals surface area (Å²) in [5.41, 5.74) is -2.96. The summed E-state index contributed by atoms with van der Waals surface area (Å²) in [4.78, 5) is 9.50. The standard InChI is InChI=1S/C9H8F3NO3/c1-5-2-3-6(4-14)7(9(10,11)12)8(5)13(15)16/h2-3,14H,4H2,1H3. The molecule has 0 aliphatic carbocycles. The van der Waals surface area contributed by atoms with Crippen molar-refractivity contribution in [1.29, 1.82) is 0 Å². The summed E-state index contributed by atoms with van der Waals surface area (Å²) in [7, 11) is 0. The number of nitrogens with zero attached hydrogens (tertiary/aromatic N) is 1. The molecule has 0 saturated heterocycles. The number of hydrogen-bond acceptors (Lipinski definition) is 3. The largest absolute Gasteiger partial charge is 0.423 e. The second kappa shape index (κ2) is 4.09. The van der Waals surface area contributed by atoms with Crippen molar-refractivity contribution >= 4 is 5.69 Å². The van der Waals surface area contributed by atoms with Crippen LogP contribution in [0.25, 0.3) is 0 Å². The molecular weight excluding hydrogens is 227 g/mol. The van der Waals surface area contributed by atoms with Crippen molar-refractivity contribution in [3.05, 3.63) is 38.9 Å². The van der Waals surface area contributed by atoms with Gasteiger partial charge < -0.3 is 5.11 Å². The van der Waals surface area contributed by atoms with Crippen molar-refractivity contribution < 1.29 is 23.2 Å². The van der Waals surface area contributed by atoms with E-state index in [0.717, 1.165) is 6.07 Å². The van der Waals surface area contributed by atoms with E-state index in [-0.39, 0.29) is 5.56 Å². The lowest BCUT2D eigenvalue weighted by Crippen LogP contribution is -2.13. The maximum Gasteiger partial charge on any atom is 0.423 e. The first-order chi connectivity index (χ1) is 7.29. The zero-order valence-electron chi connectivity index (χ0n) is 8.21. The molecule has 1 aromatic carbocycles. The Morgan fingerprint density at radius 1 is 1.44 bits per heavy atom. The Kier molecular flexibility index (Phi) is 3.18. The molecule has 0 amide bonds. The quantitative estimate of drug-likeness (QED) is 0.632. The van der Waals surface area contributed by atoms with E-state index in [9.17, 15) is 23.3 Å². The molecule has 0 aromatic heterocycles. The van der Waals surface area contributed by atoms with Gasteiger partial charge in [-0.3, -0.25) is 10.1 Å². The molecule has 0 radical (unpaired) electrons. The zero-order valence-corrected chi connectivity index (χ0v) is 8.21. The molecule has 4 nitrogen and oxygen atoms in total. The van der Waals surface area contributed by atoms with E-state index in [2.05, 4.69) is 0 Å². The number of halogens is 3. The van der Waals surface area contributed by atoms with Gasteiger partial charge in [0.2, 0.25) is 0 Å². The van der Waals surface area contributed by atoms with Crippen LogP contribution in [0.15, 0.2) is 12.1 Å². The van der Waals surface area contributed by atoms with Crippen LogP contribution in [0.4, 0.5) is 18.9 Å². The molecule has 0 aliphatic rings. The zero-order chi connectivity index (χ0) is 12.5. The average Bonchev–Trinajstić information content (AvgIpc) is 2.15. The lowest BCUT2D eigenvalue weighted by atomic mass is 10.0. The number of nitro benzene ring substituents is 1. The Morgan fingerprint density at radius 2 is 2.00 bits per heavy atom. The number of nitro groups is 1. The van der Waals surface area contributed by atoms with Gasteiger partial charge in [-0.05, 0) is 12.5 Å². The van der Waals surface area contributed by atoms with Crippen LogP contribution in [0.5, 0.6) is 0 Å². The van der Waals surface area contributed by atoms with Gasteiger partial charge in [0.25, 0.3) is 5.69 Å². The highest BCUT2D eigenvalue weighted by atomic mass is 19.4. The van der Waals surface area contributed by atoms with Gasteiger partial charge >= 0.3 is 6.18 Å². The molecule has 16 heavy (non-hydrogen) atoms. The third kappa shape index (κ3) is 2.13. The molecule has 88 valence electrons. The lowest BCUT2D eigenvalue weighted by Gasteiger charge is -2.12. The predicted molar refractivity (Wildman–Crippen MR) is 48.8 cm³/mol. The summed E-state index contributed by atoms with van der Waals surface area (Å²) in [5.74, 6) is 0. The van der Waals surface area contributed by atoms with Gasteiger partial charge in [0.15, 0.2) is 0 Å². The van der Waals surface area contributed by atoms with Crippen LogP contribution >= 0.6 is 0 Å². The van der Waals surface area contributed by atoms with E-state index < -0.39 is 34.5 Å². The predicted octanol–water partition coefficient (Wildman–Crippen LogP) is 2.41. The van der Waals surface area contributed by atoms with Crippen molar-refractivity contribution in [3.63, 3.8) is 0 Å². The van der Waals surface area contributed by atoms with Crippen molar-refractivity contribution in [2.45, 2.75) is 19.7 Å². The Bertz CT molecular complexity index is 429. The summed E-state index contributed by atoms with van der Waals surface area (Å²) < 4.78 is 37.9. The molecule has 0 unspecified atom stereocenters.